The number of piperazine rings is 1. The van der Waals surface area contributed by atoms with Gasteiger partial charge in [0.2, 0.25) is 0 Å². The van der Waals surface area contributed by atoms with Crippen molar-refractivity contribution in [3.05, 3.63) is 29.8 Å². The van der Waals surface area contributed by atoms with Gasteiger partial charge in [-0.25, -0.2) is 9.59 Å². The average Bonchev–Trinajstić information content (AvgIpc) is 2.62. The van der Waals surface area contributed by atoms with E-state index in [1.165, 1.54) is 38.2 Å². The first-order valence-electron chi connectivity index (χ1n) is 8.42. The average molecular weight is 352 g/mol. The molecular formula is C18H28N2O5. The minimum atomic E-state index is -1.82. The van der Waals surface area contributed by atoms with Gasteiger partial charge in [-0.15, -0.1) is 0 Å². The summed E-state index contributed by atoms with van der Waals surface area (Å²) < 4.78 is 5.19. The van der Waals surface area contributed by atoms with Crippen molar-refractivity contribution in [2.45, 2.75) is 32.9 Å². The molecule has 0 spiro atoms. The number of benzene rings is 1. The lowest BCUT2D eigenvalue weighted by Gasteiger charge is -2.37. The molecule has 0 amide bonds. The number of carboxylic acid groups (broad SMARTS) is 2. The molecule has 1 aromatic rings. The number of carbonyl (C=O) groups is 2. The van der Waals surface area contributed by atoms with Crippen LogP contribution in [-0.2, 0) is 16.1 Å². The molecule has 140 valence electrons. The van der Waals surface area contributed by atoms with Crippen molar-refractivity contribution in [3.8, 4) is 5.75 Å². The second-order valence-corrected chi connectivity index (χ2v) is 6.03. The van der Waals surface area contributed by atoms with Crippen LogP contribution < -0.4 is 4.74 Å². The maximum atomic E-state index is 9.10. The van der Waals surface area contributed by atoms with Gasteiger partial charge in [-0.05, 0) is 31.0 Å². The predicted molar refractivity (Wildman–Crippen MR) is 94.9 cm³/mol. The molecule has 0 saturated carbocycles. The van der Waals surface area contributed by atoms with Crippen LogP contribution in [0.5, 0.6) is 5.75 Å². The Labute approximate surface area is 148 Å². The van der Waals surface area contributed by atoms with Gasteiger partial charge >= 0.3 is 11.9 Å². The zero-order chi connectivity index (χ0) is 18.8. The van der Waals surface area contributed by atoms with E-state index in [0.717, 1.165) is 18.3 Å². The second-order valence-electron chi connectivity index (χ2n) is 6.03. The molecular weight excluding hydrogens is 324 g/mol. The Kier molecular flexibility index (Phi) is 8.94. The van der Waals surface area contributed by atoms with Crippen molar-refractivity contribution < 1.29 is 24.5 Å². The number of nitrogens with zero attached hydrogens (tertiary/aromatic N) is 2. The first kappa shape index (κ1) is 20.9. The Morgan fingerprint density at radius 3 is 2.00 bits per heavy atom. The molecule has 0 radical (unpaired) electrons. The van der Waals surface area contributed by atoms with Crippen molar-refractivity contribution in [2.24, 2.45) is 0 Å². The Morgan fingerprint density at radius 1 is 1.08 bits per heavy atom. The van der Waals surface area contributed by atoms with Crippen molar-refractivity contribution in [1.82, 2.24) is 9.80 Å². The van der Waals surface area contributed by atoms with E-state index in [9.17, 15) is 0 Å². The van der Waals surface area contributed by atoms with Gasteiger partial charge in [0.15, 0.2) is 0 Å². The highest BCUT2D eigenvalue weighted by molar-refractivity contribution is 6.27. The van der Waals surface area contributed by atoms with Gasteiger partial charge in [-0.2, -0.15) is 0 Å². The maximum absolute atomic E-state index is 9.10. The molecule has 2 N–H and O–H groups in total. The maximum Gasteiger partial charge on any atom is 0.414 e. The normalized spacial score (nSPS) is 16.4. The summed E-state index contributed by atoms with van der Waals surface area (Å²) in [5, 5.41) is 14.8. The zero-order valence-corrected chi connectivity index (χ0v) is 15.1. The summed E-state index contributed by atoms with van der Waals surface area (Å²) in [5.74, 6) is -2.71. The predicted octanol–water partition coefficient (Wildman–Crippen LogP) is 1.77. The molecule has 1 saturated heterocycles. The highest BCUT2D eigenvalue weighted by atomic mass is 16.5. The van der Waals surface area contributed by atoms with Crippen LogP contribution in [0.1, 0.15) is 25.8 Å². The molecule has 0 aromatic heterocycles. The number of aliphatic carboxylic acids is 2. The molecule has 1 aromatic carbocycles. The Bertz CT molecular complexity index is 527. The molecule has 7 heteroatoms. The van der Waals surface area contributed by atoms with E-state index in [0.29, 0.717) is 0 Å². The standard InChI is InChI=1S/C16H26N2O.C2H2O4/c1-4-14(2)18-11-9-17(10-12-18)13-15-5-7-16(19-3)8-6-15;3-1(4)2(5)6/h5-8,14H,4,9-13H2,1-3H3;(H,3,4)(H,5,6). The largest absolute Gasteiger partial charge is 0.497 e. The van der Waals surface area contributed by atoms with E-state index in [1.54, 1.807) is 7.11 Å². The second kappa shape index (κ2) is 10.7. The third-order valence-corrected chi connectivity index (χ3v) is 4.37. The summed E-state index contributed by atoms with van der Waals surface area (Å²) in [6.07, 6.45) is 1.25. The lowest BCUT2D eigenvalue weighted by atomic mass is 10.1. The van der Waals surface area contributed by atoms with Gasteiger partial charge in [0, 0.05) is 38.8 Å². The summed E-state index contributed by atoms with van der Waals surface area (Å²) in [6.45, 7) is 10.4. The zero-order valence-electron chi connectivity index (χ0n) is 15.1. The van der Waals surface area contributed by atoms with Crippen LogP contribution in [0.4, 0.5) is 0 Å². The van der Waals surface area contributed by atoms with Gasteiger partial charge in [-0.3, -0.25) is 9.80 Å². The lowest BCUT2D eigenvalue weighted by Crippen LogP contribution is -2.48. The number of hydrogen-bond acceptors (Lipinski definition) is 5. The SMILES string of the molecule is CCC(C)N1CCN(Cc2ccc(OC)cc2)CC1.O=C(O)C(=O)O. The quantitative estimate of drug-likeness (QED) is 0.781. The number of hydrogen-bond donors (Lipinski definition) is 2. The van der Waals surface area contributed by atoms with Crippen molar-refractivity contribution in [2.75, 3.05) is 33.3 Å². The van der Waals surface area contributed by atoms with Gasteiger partial charge in [0.05, 0.1) is 7.11 Å². The number of ether oxygens (including phenoxy) is 1. The van der Waals surface area contributed by atoms with E-state index < -0.39 is 11.9 Å². The molecule has 0 aliphatic carbocycles. The van der Waals surface area contributed by atoms with Crippen LogP contribution >= 0.6 is 0 Å². The molecule has 1 unspecified atom stereocenters. The summed E-state index contributed by atoms with van der Waals surface area (Å²) in [4.78, 5) is 23.3. The molecule has 1 atom stereocenters. The summed E-state index contributed by atoms with van der Waals surface area (Å²) >= 11 is 0. The monoisotopic (exact) mass is 352 g/mol. The van der Waals surface area contributed by atoms with E-state index >= 15 is 0 Å². The summed E-state index contributed by atoms with van der Waals surface area (Å²) in [5.41, 5.74) is 1.37. The lowest BCUT2D eigenvalue weighted by molar-refractivity contribution is -0.159. The molecule has 1 fully saturated rings. The molecule has 0 bridgehead atoms. The first-order valence-corrected chi connectivity index (χ1v) is 8.42. The first-order chi connectivity index (χ1) is 11.9. The number of rotatable bonds is 5. The highest BCUT2D eigenvalue weighted by Crippen LogP contribution is 2.15. The highest BCUT2D eigenvalue weighted by Gasteiger charge is 2.19. The molecule has 25 heavy (non-hydrogen) atoms. The molecule has 1 aliphatic rings. The molecule has 2 rings (SSSR count). The van der Waals surface area contributed by atoms with Crippen LogP contribution in [0.3, 0.4) is 0 Å². The third kappa shape index (κ3) is 7.53. The smallest absolute Gasteiger partial charge is 0.414 e. The minimum Gasteiger partial charge on any atom is -0.497 e. The van der Waals surface area contributed by atoms with Gasteiger partial charge < -0.3 is 14.9 Å². The van der Waals surface area contributed by atoms with Crippen molar-refractivity contribution in [3.63, 3.8) is 0 Å². The van der Waals surface area contributed by atoms with Crippen molar-refractivity contribution >= 4 is 11.9 Å². The molecule has 1 aliphatic heterocycles. The van der Waals surface area contributed by atoms with Gasteiger partial charge in [0.25, 0.3) is 0 Å². The molecule has 1 heterocycles. The Balaban J connectivity index is 0.000000450. The van der Waals surface area contributed by atoms with Gasteiger partial charge in [-0.1, -0.05) is 19.1 Å². The van der Waals surface area contributed by atoms with E-state index in [1.807, 2.05) is 12.1 Å². The van der Waals surface area contributed by atoms with E-state index in [-0.39, 0.29) is 0 Å². The van der Waals surface area contributed by atoms with Gasteiger partial charge in [0.1, 0.15) is 5.75 Å². The number of carboxylic acids is 2. The Morgan fingerprint density at radius 2 is 1.60 bits per heavy atom. The van der Waals surface area contributed by atoms with Crippen LogP contribution in [0.15, 0.2) is 24.3 Å². The fraction of sp³-hybridized carbons (Fsp3) is 0.556. The van der Waals surface area contributed by atoms with E-state index in [4.69, 9.17) is 24.5 Å². The minimum absolute atomic E-state index is 0.725. The summed E-state index contributed by atoms with van der Waals surface area (Å²) in [7, 11) is 1.71. The fourth-order valence-corrected chi connectivity index (χ4v) is 2.61. The van der Waals surface area contributed by atoms with E-state index in [2.05, 4.69) is 35.8 Å². The van der Waals surface area contributed by atoms with Crippen LogP contribution in [-0.4, -0.2) is 71.3 Å². The van der Waals surface area contributed by atoms with Crippen LogP contribution in [0, 0.1) is 0 Å². The number of methoxy groups -OCH3 is 1. The van der Waals surface area contributed by atoms with Crippen LogP contribution in [0.25, 0.3) is 0 Å². The topological polar surface area (TPSA) is 90.3 Å². The fourth-order valence-electron chi connectivity index (χ4n) is 2.61. The Hall–Kier alpha value is -2.12. The van der Waals surface area contributed by atoms with Crippen LogP contribution in [0.2, 0.25) is 0 Å². The molecule has 7 nitrogen and oxygen atoms in total. The summed E-state index contributed by atoms with van der Waals surface area (Å²) in [6, 6.07) is 9.15. The van der Waals surface area contributed by atoms with Crippen molar-refractivity contribution in [1.29, 1.82) is 0 Å². The third-order valence-electron chi connectivity index (χ3n) is 4.37.